The number of fused-ring (bicyclic) bond motifs is 1. The molecule has 24 heavy (non-hydrogen) atoms. The first-order valence-electron chi connectivity index (χ1n) is 7.60. The standard InChI is InChI=1S/C16H20ClN5O.ClH/c1-9(2)13(18)7-10-6-12-14(19-8-11-4-3-5-23-11)21-16(17)22-15(12)20-10;/h3-6,9,13H,7-8,18H2,1-2H3,(H2,19,20,21,22);1H/t13-;/m1./s1. The van der Waals surface area contributed by atoms with E-state index < -0.39 is 0 Å². The average molecular weight is 370 g/mol. The second kappa shape index (κ2) is 7.88. The molecule has 0 aromatic carbocycles. The Morgan fingerprint density at radius 1 is 1.38 bits per heavy atom. The first kappa shape index (κ1) is 18.6. The minimum atomic E-state index is 0. The van der Waals surface area contributed by atoms with E-state index in [-0.39, 0.29) is 23.7 Å². The smallest absolute Gasteiger partial charge is 0.226 e. The van der Waals surface area contributed by atoms with Crippen molar-refractivity contribution < 1.29 is 4.42 Å². The molecule has 0 aliphatic carbocycles. The maximum Gasteiger partial charge on any atom is 0.226 e. The Bertz CT molecular complexity index is 785. The van der Waals surface area contributed by atoms with Crippen molar-refractivity contribution in [2.75, 3.05) is 5.32 Å². The summed E-state index contributed by atoms with van der Waals surface area (Å²) in [4.78, 5) is 11.8. The van der Waals surface area contributed by atoms with Crippen LogP contribution in [0.15, 0.2) is 28.9 Å². The molecule has 8 heteroatoms. The molecule has 0 aliphatic heterocycles. The largest absolute Gasteiger partial charge is 0.467 e. The highest BCUT2D eigenvalue weighted by atomic mass is 35.5. The van der Waals surface area contributed by atoms with Crippen molar-refractivity contribution in [3.8, 4) is 0 Å². The van der Waals surface area contributed by atoms with E-state index in [1.807, 2.05) is 18.2 Å². The molecule has 3 aromatic heterocycles. The van der Waals surface area contributed by atoms with E-state index in [0.29, 0.717) is 23.9 Å². The summed E-state index contributed by atoms with van der Waals surface area (Å²) in [6.07, 6.45) is 2.39. The Kier molecular flexibility index (Phi) is 6.10. The number of nitrogens with two attached hydrogens (primary N) is 1. The molecule has 3 rings (SSSR count). The Labute approximate surface area is 151 Å². The minimum Gasteiger partial charge on any atom is -0.467 e. The molecule has 130 valence electrons. The molecule has 4 N–H and O–H groups in total. The highest BCUT2D eigenvalue weighted by molar-refractivity contribution is 6.28. The second-order valence-corrected chi connectivity index (χ2v) is 6.28. The number of nitrogens with zero attached hydrogens (tertiary/aromatic N) is 2. The molecular weight excluding hydrogens is 349 g/mol. The van der Waals surface area contributed by atoms with Crippen molar-refractivity contribution in [1.29, 1.82) is 0 Å². The van der Waals surface area contributed by atoms with Crippen LogP contribution in [0.3, 0.4) is 0 Å². The van der Waals surface area contributed by atoms with Gasteiger partial charge in [0.25, 0.3) is 0 Å². The van der Waals surface area contributed by atoms with Crippen molar-refractivity contribution in [2.45, 2.75) is 32.9 Å². The van der Waals surface area contributed by atoms with Gasteiger partial charge in [-0.05, 0) is 35.7 Å². The summed E-state index contributed by atoms with van der Waals surface area (Å²) in [5, 5.41) is 4.33. The van der Waals surface area contributed by atoms with Crippen LogP contribution in [-0.2, 0) is 13.0 Å². The topological polar surface area (TPSA) is 92.8 Å². The number of anilines is 1. The van der Waals surface area contributed by atoms with Gasteiger partial charge in [0.2, 0.25) is 5.28 Å². The van der Waals surface area contributed by atoms with E-state index in [0.717, 1.165) is 23.3 Å². The van der Waals surface area contributed by atoms with E-state index in [2.05, 4.69) is 34.1 Å². The van der Waals surface area contributed by atoms with Crippen LogP contribution in [0.2, 0.25) is 5.28 Å². The summed E-state index contributed by atoms with van der Waals surface area (Å²) >= 11 is 6.02. The van der Waals surface area contributed by atoms with E-state index in [4.69, 9.17) is 21.8 Å². The third-order valence-corrected chi connectivity index (χ3v) is 4.01. The highest BCUT2D eigenvalue weighted by Gasteiger charge is 2.14. The van der Waals surface area contributed by atoms with E-state index >= 15 is 0 Å². The Balaban J connectivity index is 0.00000208. The SMILES string of the molecule is CC(C)[C@H](N)Cc1cc2c(NCc3ccco3)nc(Cl)nc2[nH]1.Cl. The van der Waals surface area contributed by atoms with Gasteiger partial charge in [-0.25, -0.2) is 4.98 Å². The molecule has 0 unspecified atom stereocenters. The maximum atomic E-state index is 6.15. The molecule has 0 amide bonds. The van der Waals surface area contributed by atoms with Gasteiger partial charge in [-0.1, -0.05) is 13.8 Å². The van der Waals surface area contributed by atoms with Crippen molar-refractivity contribution >= 4 is 40.9 Å². The number of nitrogens with one attached hydrogen (secondary N) is 2. The molecular formula is C16H21Cl2N5O. The van der Waals surface area contributed by atoms with E-state index in [1.54, 1.807) is 6.26 Å². The van der Waals surface area contributed by atoms with Crippen LogP contribution in [0.5, 0.6) is 0 Å². The van der Waals surface area contributed by atoms with Gasteiger partial charge in [-0.2, -0.15) is 4.98 Å². The zero-order valence-electron chi connectivity index (χ0n) is 13.5. The third kappa shape index (κ3) is 4.20. The van der Waals surface area contributed by atoms with Crippen LogP contribution in [0.4, 0.5) is 5.82 Å². The van der Waals surface area contributed by atoms with Gasteiger partial charge < -0.3 is 20.5 Å². The molecule has 0 spiro atoms. The predicted octanol–water partition coefficient (Wildman–Crippen LogP) is 3.76. The molecule has 0 bridgehead atoms. The lowest BCUT2D eigenvalue weighted by Gasteiger charge is -2.13. The van der Waals surface area contributed by atoms with E-state index in [1.165, 1.54) is 0 Å². The highest BCUT2D eigenvalue weighted by Crippen LogP contribution is 2.24. The fourth-order valence-electron chi connectivity index (χ4n) is 2.35. The van der Waals surface area contributed by atoms with Crippen molar-refractivity contribution in [1.82, 2.24) is 15.0 Å². The van der Waals surface area contributed by atoms with Gasteiger partial charge >= 0.3 is 0 Å². The minimum absolute atomic E-state index is 0. The van der Waals surface area contributed by atoms with Gasteiger partial charge in [-0.3, -0.25) is 0 Å². The Hall–Kier alpha value is -1.76. The zero-order chi connectivity index (χ0) is 16.4. The quantitative estimate of drug-likeness (QED) is 0.575. The fourth-order valence-corrected chi connectivity index (χ4v) is 2.52. The first-order chi connectivity index (χ1) is 11.0. The van der Waals surface area contributed by atoms with Gasteiger partial charge in [0.1, 0.15) is 17.2 Å². The Morgan fingerprint density at radius 3 is 2.83 bits per heavy atom. The average Bonchev–Trinajstić information content (AvgIpc) is 3.13. The summed E-state index contributed by atoms with van der Waals surface area (Å²) in [5.74, 6) is 1.91. The third-order valence-electron chi connectivity index (χ3n) is 3.84. The molecule has 3 aromatic rings. The van der Waals surface area contributed by atoms with Crippen LogP contribution >= 0.6 is 24.0 Å². The first-order valence-corrected chi connectivity index (χ1v) is 7.97. The van der Waals surface area contributed by atoms with Crippen molar-refractivity contribution in [3.05, 3.63) is 41.2 Å². The van der Waals surface area contributed by atoms with Gasteiger partial charge in [-0.15, -0.1) is 12.4 Å². The summed E-state index contributed by atoms with van der Waals surface area (Å²) in [5.41, 5.74) is 7.88. The summed E-state index contributed by atoms with van der Waals surface area (Å²) < 4.78 is 5.32. The molecule has 0 radical (unpaired) electrons. The lowest BCUT2D eigenvalue weighted by molar-refractivity contribution is 0.487. The normalized spacial score (nSPS) is 12.4. The molecule has 0 aliphatic rings. The lowest BCUT2D eigenvalue weighted by Crippen LogP contribution is -2.28. The molecule has 3 heterocycles. The fraction of sp³-hybridized carbons (Fsp3) is 0.375. The number of rotatable bonds is 6. The van der Waals surface area contributed by atoms with Crippen LogP contribution < -0.4 is 11.1 Å². The van der Waals surface area contributed by atoms with Crippen LogP contribution in [0, 0.1) is 5.92 Å². The predicted molar refractivity (Wildman–Crippen MR) is 98.7 cm³/mol. The van der Waals surface area contributed by atoms with Crippen molar-refractivity contribution in [3.63, 3.8) is 0 Å². The molecule has 1 atom stereocenters. The number of furan rings is 1. The van der Waals surface area contributed by atoms with Gasteiger partial charge in [0.15, 0.2) is 0 Å². The molecule has 0 fully saturated rings. The monoisotopic (exact) mass is 369 g/mol. The van der Waals surface area contributed by atoms with Crippen molar-refractivity contribution in [2.24, 2.45) is 11.7 Å². The summed E-state index contributed by atoms with van der Waals surface area (Å²) in [6, 6.07) is 5.86. The molecule has 0 saturated carbocycles. The van der Waals surface area contributed by atoms with Gasteiger partial charge in [0, 0.05) is 18.2 Å². The zero-order valence-corrected chi connectivity index (χ0v) is 15.1. The second-order valence-electron chi connectivity index (χ2n) is 5.94. The Morgan fingerprint density at radius 2 is 2.17 bits per heavy atom. The number of aromatic amines is 1. The van der Waals surface area contributed by atoms with Crippen LogP contribution in [0.25, 0.3) is 11.0 Å². The summed E-state index contributed by atoms with van der Waals surface area (Å²) in [6.45, 7) is 4.75. The van der Waals surface area contributed by atoms with Crippen LogP contribution in [0.1, 0.15) is 25.3 Å². The number of halogens is 2. The molecule has 0 saturated heterocycles. The lowest BCUT2D eigenvalue weighted by atomic mass is 10.0. The number of aromatic nitrogens is 3. The number of hydrogen-bond acceptors (Lipinski definition) is 5. The maximum absolute atomic E-state index is 6.15. The molecule has 6 nitrogen and oxygen atoms in total. The van der Waals surface area contributed by atoms with Gasteiger partial charge in [0.05, 0.1) is 18.2 Å². The van der Waals surface area contributed by atoms with E-state index in [9.17, 15) is 0 Å². The summed E-state index contributed by atoms with van der Waals surface area (Å²) in [7, 11) is 0. The number of H-pyrrole nitrogens is 1. The van der Waals surface area contributed by atoms with Crippen LogP contribution in [-0.4, -0.2) is 21.0 Å². The number of hydrogen-bond donors (Lipinski definition) is 3.